The van der Waals surface area contributed by atoms with Crippen molar-refractivity contribution in [3.63, 3.8) is 0 Å². The van der Waals surface area contributed by atoms with Crippen molar-refractivity contribution in [3.05, 3.63) is 78.4 Å². The molecule has 0 aliphatic rings. The highest BCUT2D eigenvalue weighted by Gasteiger charge is 2.12. The molecule has 4 rings (SSSR count). The number of fused-ring (bicyclic) bond motifs is 1. The van der Waals surface area contributed by atoms with Crippen molar-refractivity contribution in [3.8, 4) is 11.5 Å². The van der Waals surface area contributed by atoms with Crippen molar-refractivity contribution in [2.75, 3.05) is 5.75 Å². The number of carbonyl (C=O) groups excluding carboxylic acids is 1. The second-order valence-corrected chi connectivity index (χ2v) is 6.44. The van der Waals surface area contributed by atoms with E-state index < -0.39 is 0 Å². The highest BCUT2D eigenvalue weighted by molar-refractivity contribution is 7.99. The molecule has 1 aromatic heterocycles. The van der Waals surface area contributed by atoms with Crippen LogP contribution in [0.4, 0.5) is 0 Å². The lowest BCUT2D eigenvalue weighted by molar-refractivity contribution is 0.102. The van der Waals surface area contributed by atoms with Crippen LogP contribution in [0.5, 0.6) is 0 Å². The molecule has 122 valence electrons. The summed E-state index contributed by atoms with van der Waals surface area (Å²) in [5.41, 5.74) is 1.55. The average Bonchev–Trinajstić information content (AvgIpc) is 3.15. The zero-order chi connectivity index (χ0) is 17.1. The lowest BCUT2D eigenvalue weighted by atomic mass is 10.1. The van der Waals surface area contributed by atoms with E-state index in [2.05, 4.69) is 10.2 Å². The van der Waals surface area contributed by atoms with Crippen molar-refractivity contribution < 1.29 is 9.21 Å². The number of Topliss-reactive ketones (excluding diaryl/α,β-unsaturated/α-hetero) is 1. The van der Waals surface area contributed by atoms with Gasteiger partial charge in [0.15, 0.2) is 5.78 Å². The van der Waals surface area contributed by atoms with E-state index in [0.29, 0.717) is 16.7 Å². The van der Waals surface area contributed by atoms with Crippen LogP contribution in [0, 0.1) is 0 Å². The van der Waals surface area contributed by atoms with E-state index in [1.54, 1.807) is 0 Å². The van der Waals surface area contributed by atoms with E-state index >= 15 is 0 Å². The Morgan fingerprint density at radius 1 is 0.880 bits per heavy atom. The van der Waals surface area contributed by atoms with Gasteiger partial charge in [0, 0.05) is 11.1 Å². The van der Waals surface area contributed by atoms with Gasteiger partial charge in [-0.1, -0.05) is 66.4 Å². The molecule has 0 bridgehead atoms. The minimum Gasteiger partial charge on any atom is -0.411 e. The van der Waals surface area contributed by atoms with Crippen molar-refractivity contribution in [2.45, 2.75) is 5.22 Å². The number of carbonyl (C=O) groups is 1. The Morgan fingerprint density at radius 3 is 2.48 bits per heavy atom. The Morgan fingerprint density at radius 2 is 1.64 bits per heavy atom. The molecule has 3 aromatic carbocycles. The number of aromatic nitrogens is 2. The summed E-state index contributed by atoms with van der Waals surface area (Å²) in [5.74, 6) is 0.755. The van der Waals surface area contributed by atoms with Crippen molar-refractivity contribution in [2.24, 2.45) is 0 Å². The highest BCUT2D eigenvalue weighted by atomic mass is 32.2. The highest BCUT2D eigenvalue weighted by Crippen LogP contribution is 2.24. The van der Waals surface area contributed by atoms with Gasteiger partial charge in [-0.25, -0.2) is 0 Å². The molecule has 4 nitrogen and oxygen atoms in total. The summed E-state index contributed by atoms with van der Waals surface area (Å²) in [6.07, 6.45) is 0. The Bertz CT molecular complexity index is 1030. The molecule has 4 aromatic rings. The Hall–Kier alpha value is -2.92. The molecule has 0 aliphatic heterocycles. The molecule has 1 heterocycles. The van der Waals surface area contributed by atoms with Gasteiger partial charge in [-0.05, 0) is 29.0 Å². The third-order valence-corrected chi connectivity index (χ3v) is 4.64. The number of hydrogen-bond donors (Lipinski definition) is 0. The summed E-state index contributed by atoms with van der Waals surface area (Å²) < 4.78 is 5.61. The van der Waals surface area contributed by atoms with Gasteiger partial charge in [-0.3, -0.25) is 4.79 Å². The Balaban J connectivity index is 1.45. The topological polar surface area (TPSA) is 56.0 Å². The van der Waals surface area contributed by atoms with Gasteiger partial charge in [0.2, 0.25) is 5.89 Å². The maximum atomic E-state index is 12.4. The molecular formula is C20H14N2O2S. The molecule has 0 saturated carbocycles. The van der Waals surface area contributed by atoms with E-state index in [0.717, 1.165) is 16.3 Å². The van der Waals surface area contributed by atoms with Crippen LogP contribution in [0.3, 0.4) is 0 Å². The van der Waals surface area contributed by atoms with E-state index in [4.69, 9.17) is 4.42 Å². The Labute approximate surface area is 148 Å². The van der Waals surface area contributed by atoms with E-state index in [9.17, 15) is 4.79 Å². The summed E-state index contributed by atoms with van der Waals surface area (Å²) in [7, 11) is 0. The van der Waals surface area contributed by atoms with Gasteiger partial charge in [-0.15, -0.1) is 10.2 Å². The lowest BCUT2D eigenvalue weighted by Gasteiger charge is -2.02. The second-order valence-electron chi connectivity index (χ2n) is 5.51. The monoisotopic (exact) mass is 346 g/mol. The first kappa shape index (κ1) is 15.6. The predicted molar refractivity (Wildman–Crippen MR) is 98.7 cm³/mol. The summed E-state index contributed by atoms with van der Waals surface area (Å²) >= 11 is 1.25. The molecule has 25 heavy (non-hydrogen) atoms. The van der Waals surface area contributed by atoms with Gasteiger partial charge in [-0.2, -0.15) is 0 Å². The molecule has 0 unspecified atom stereocenters. The fraction of sp³-hybridized carbons (Fsp3) is 0.0500. The van der Waals surface area contributed by atoms with Gasteiger partial charge in [0.25, 0.3) is 5.22 Å². The zero-order valence-electron chi connectivity index (χ0n) is 13.3. The first-order valence-corrected chi connectivity index (χ1v) is 8.82. The third kappa shape index (κ3) is 3.46. The summed E-state index contributed by atoms with van der Waals surface area (Å²) in [6.45, 7) is 0. The van der Waals surface area contributed by atoms with Crippen LogP contribution >= 0.6 is 11.8 Å². The van der Waals surface area contributed by atoms with E-state index in [1.165, 1.54) is 11.8 Å². The number of thioether (sulfide) groups is 1. The van der Waals surface area contributed by atoms with Crippen LogP contribution in [-0.2, 0) is 0 Å². The van der Waals surface area contributed by atoms with Crippen molar-refractivity contribution in [1.29, 1.82) is 0 Å². The molecular weight excluding hydrogens is 332 g/mol. The lowest BCUT2D eigenvalue weighted by Crippen LogP contribution is -2.02. The molecule has 0 N–H and O–H groups in total. The van der Waals surface area contributed by atoms with E-state index in [1.807, 2.05) is 72.8 Å². The predicted octanol–water partition coefficient (Wildman–Crippen LogP) is 4.86. The van der Waals surface area contributed by atoms with Crippen LogP contribution < -0.4 is 0 Å². The minimum atomic E-state index is 0.0372. The molecule has 0 saturated heterocycles. The molecule has 0 fully saturated rings. The molecule has 0 atom stereocenters. The normalized spacial score (nSPS) is 10.9. The maximum Gasteiger partial charge on any atom is 0.277 e. The van der Waals surface area contributed by atoms with Crippen molar-refractivity contribution >= 4 is 28.3 Å². The van der Waals surface area contributed by atoms with Crippen LogP contribution in [0.1, 0.15) is 10.4 Å². The Kier molecular flexibility index (Phi) is 4.31. The van der Waals surface area contributed by atoms with Crippen molar-refractivity contribution in [1.82, 2.24) is 10.2 Å². The smallest absolute Gasteiger partial charge is 0.277 e. The number of benzene rings is 3. The third-order valence-electron chi connectivity index (χ3n) is 3.83. The first-order chi connectivity index (χ1) is 12.3. The second kappa shape index (κ2) is 6.91. The maximum absolute atomic E-state index is 12.4. The number of nitrogens with zero attached hydrogens (tertiary/aromatic N) is 2. The standard InChI is InChI=1S/C20H14N2O2S/c23-18(17-11-10-14-6-4-5-9-16(14)12-17)13-25-20-22-21-19(24-20)15-7-2-1-3-8-15/h1-12H,13H2. The first-order valence-electron chi connectivity index (χ1n) is 7.83. The fourth-order valence-electron chi connectivity index (χ4n) is 2.54. The van der Waals surface area contributed by atoms with Crippen LogP contribution in [0.15, 0.2) is 82.4 Å². The largest absolute Gasteiger partial charge is 0.411 e. The summed E-state index contributed by atoms with van der Waals surface area (Å²) in [6, 6.07) is 23.3. The number of ketones is 1. The molecule has 0 spiro atoms. The minimum absolute atomic E-state index is 0.0372. The average molecular weight is 346 g/mol. The SMILES string of the molecule is O=C(CSc1nnc(-c2ccccc2)o1)c1ccc2ccccc2c1. The zero-order valence-corrected chi connectivity index (χ0v) is 14.1. The van der Waals surface area contributed by atoms with Crippen LogP contribution in [0.2, 0.25) is 0 Å². The summed E-state index contributed by atoms with van der Waals surface area (Å²) in [5, 5.41) is 10.6. The van der Waals surface area contributed by atoms with Gasteiger partial charge in [0.1, 0.15) is 0 Å². The van der Waals surface area contributed by atoms with Gasteiger partial charge in [0.05, 0.1) is 5.75 Å². The van der Waals surface area contributed by atoms with Gasteiger partial charge >= 0.3 is 0 Å². The van der Waals surface area contributed by atoms with Gasteiger partial charge < -0.3 is 4.42 Å². The number of hydrogen-bond acceptors (Lipinski definition) is 5. The number of rotatable bonds is 5. The van der Waals surface area contributed by atoms with Crippen LogP contribution in [0.25, 0.3) is 22.2 Å². The van der Waals surface area contributed by atoms with E-state index in [-0.39, 0.29) is 11.5 Å². The molecule has 0 aliphatic carbocycles. The quantitative estimate of drug-likeness (QED) is 0.381. The molecule has 5 heteroatoms. The molecule has 0 amide bonds. The molecule has 0 radical (unpaired) electrons. The van der Waals surface area contributed by atoms with Crippen LogP contribution in [-0.4, -0.2) is 21.7 Å². The fourth-order valence-corrected chi connectivity index (χ4v) is 3.20. The summed E-state index contributed by atoms with van der Waals surface area (Å²) in [4.78, 5) is 12.4.